The van der Waals surface area contributed by atoms with E-state index in [4.69, 9.17) is 15.0 Å². The number of fused-ring (bicyclic) bond motifs is 10. The molecule has 0 aliphatic heterocycles. The fraction of sp³-hybridized carbons (Fsp3) is 0. The monoisotopic (exact) mass is 762 g/mol. The number of hydrogen-bond donors (Lipinski definition) is 0. The van der Waals surface area contributed by atoms with Crippen molar-refractivity contribution in [1.29, 1.82) is 0 Å². The van der Waals surface area contributed by atoms with Crippen molar-refractivity contribution in [3.8, 4) is 51.0 Å². The minimum Gasteiger partial charge on any atom is -0.309 e. The second-order valence-electron chi connectivity index (χ2n) is 14.4. The van der Waals surface area contributed by atoms with E-state index in [0.717, 1.165) is 22.4 Å². The SMILES string of the molecule is c1ccc(-c2nc(-c3ccccc3)nc(-c3cccc4c3sc3cc(-c5ccc6c(c5)c5c7sc8ccccc8c7ccc5n6-c5ccccc5)ccc34)n2)cc1. The minimum atomic E-state index is 0.664. The third-order valence-electron chi connectivity index (χ3n) is 11.1. The van der Waals surface area contributed by atoms with Crippen LogP contribution in [0.25, 0.3) is 113 Å². The van der Waals surface area contributed by atoms with Gasteiger partial charge in [-0.2, -0.15) is 0 Å². The van der Waals surface area contributed by atoms with E-state index in [1.165, 1.54) is 73.3 Å². The average molecular weight is 763 g/mol. The molecule has 57 heavy (non-hydrogen) atoms. The van der Waals surface area contributed by atoms with Crippen LogP contribution in [0.15, 0.2) is 182 Å². The summed E-state index contributed by atoms with van der Waals surface area (Å²) in [6, 6.07) is 64.8. The summed E-state index contributed by atoms with van der Waals surface area (Å²) in [5.41, 5.74) is 8.92. The molecule has 12 aromatic rings. The number of benzene rings is 8. The van der Waals surface area contributed by atoms with Crippen molar-refractivity contribution in [2.45, 2.75) is 0 Å². The molecule has 6 heteroatoms. The Kier molecular flexibility index (Phi) is 7.24. The topological polar surface area (TPSA) is 43.6 Å². The largest absolute Gasteiger partial charge is 0.309 e. The summed E-state index contributed by atoms with van der Waals surface area (Å²) in [6.07, 6.45) is 0. The van der Waals surface area contributed by atoms with Gasteiger partial charge in [0, 0.05) is 73.5 Å². The third-order valence-corrected chi connectivity index (χ3v) is 13.5. The summed E-state index contributed by atoms with van der Waals surface area (Å²) in [6.45, 7) is 0. The van der Waals surface area contributed by atoms with Gasteiger partial charge in [0.25, 0.3) is 0 Å². The van der Waals surface area contributed by atoms with Crippen molar-refractivity contribution in [3.05, 3.63) is 182 Å². The van der Waals surface area contributed by atoms with Crippen LogP contribution in [-0.2, 0) is 0 Å². The molecule has 4 aromatic heterocycles. The summed E-state index contributed by atoms with van der Waals surface area (Å²) < 4.78 is 7.47. The maximum atomic E-state index is 5.08. The molecule has 12 rings (SSSR count). The number of aromatic nitrogens is 4. The van der Waals surface area contributed by atoms with Gasteiger partial charge in [-0.1, -0.05) is 133 Å². The van der Waals surface area contributed by atoms with Gasteiger partial charge in [0.15, 0.2) is 17.5 Å². The zero-order valence-corrected chi connectivity index (χ0v) is 32.1. The first kappa shape index (κ1) is 32.3. The Bertz CT molecular complexity index is 3450. The standard InChI is InChI=1S/C51H30N4S2/c1-4-13-31(14-5-1)49-52-50(32-15-6-2-7-16-32)54-51(53-49)40-21-12-20-38-37-25-23-34(30-45(37)57-47(38)40)33-24-27-42-41(29-33)46-43(55(42)35-17-8-3-9-18-35)28-26-39-36-19-10-11-22-44(36)56-48(39)46/h1-30H. The van der Waals surface area contributed by atoms with Gasteiger partial charge < -0.3 is 4.57 Å². The zero-order valence-electron chi connectivity index (χ0n) is 30.4. The number of hydrogen-bond acceptors (Lipinski definition) is 5. The summed E-state index contributed by atoms with van der Waals surface area (Å²) >= 11 is 3.70. The van der Waals surface area contributed by atoms with Gasteiger partial charge in [-0.15, -0.1) is 22.7 Å². The molecule has 8 aromatic carbocycles. The van der Waals surface area contributed by atoms with Crippen LogP contribution in [0.2, 0.25) is 0 Å². The lowest BCUT2D eigenvalue weighted by molar-refractivity contribution is 1.08. The fourth-order valence-corrected chi connectivity index (χ4v) is 10.9. The molecule has 0 bridgehead atoms. The maximum Gasteiger partial charge on any atom is 0.165 e. The molecular weight excluding hydrogens is 733 g/mol. The molecule has 4 heterocycles. The first-order valence-corrected chi connectivity index (χ1v) is 20.7. The molecule has 0 fully saturated rings. The van der Waals surface area contributed by atoms with Gasteiger partial charge in [-0.25, -0.2) is 15.0 Å². The smallest absolute Gasteiger partial charge is 0.165 e. The Morgan fingerprint density at radius 3 is 1.68 bits per heavy atom. The van der Waals surface area contributed by atoms with E-state index < -0.39 is 0 Å². The Morgan fingerprint density at radius 2 is 0.912 bits per heavy atom. The van der Waals surface area contributed by atoms with Crippen LogP contribution in [0.5, 0.6) is 0 Å². The maximum absolute atomic E-state index is 5.08. The Hall–Kier alpha value is -6.99. The van der Waals surface area contributed by atoms with Gasteiger partial charge in [0.05, 0.1) is 11.0 Å². The lowest BCUT2D eigenvalue weighted by Crippen LogP contribution is -2.00. The molecule has 0 saturated heterocycles. The van der Waals surface area contributed by atoms with Crippen LogP contribution in [0.4, 0.5) is 0 Å². The van der Waals surface area contributed by atoms with Crippen LogP contribution in [0.3, 0.4) is 0 Å². The van der Waals surface area contributed by atoms with Crippen molar-refractivity contribution in [1.82, 2.24) is 19.5 Å². The predicted octanol–water partition coefficient (Wildman–Crippen LogP) is 14.4. The number of rotatable bonds is 5. The first-order valence-electron chi connectivity index (χ1n) is 19.0. The molecule has 0 N–H and O–H groups in total. The van der Waals surface area contributed by atoms with E-state index in [2.05, 4.69) is 150 Å². The van der Waals surface area contributed by atoms with E-state index in [9.17, 15) is 0 Å². The van der Waals surface area contributed by atoms with Crippen molar-refractivity contribution in [2.75, 3.05) is 0 Å². The van der Waals surface area contributed by atoms with Gasteiger partial charge >= 0.3 is 0 Å². The van der Waals surface area contributed by atoms with Crippen molar-refractivity contribution >= 4 is 84.8 Å². The van der Waals surface area contributed by atoms with E-state index in [0.29, 0.717) is 17.5 Å². The molecule has 266 valence electrons. The second-order valence-corrected chi connectivity index (χ2v) is 16.5. The molecule has 0 amide bonds. The Labute approximate surface area is 335 Å². The highest BCUT2D eigenvalue weighted by molar-refractivity contribution is 7.27. The van der Waals surface area contributed by atoms with Crippen molar-refractivity contribution in [3.63, 3.8) is 0 Å². The minimum absolute atomic E-state index is 0.664. The first-order chi connectivity index (χ1) is 28.2. The fourth-order valence-electron chi connectivity index (χ4n) is 8.40. The van der Waals surface area contributed by atoms with Gasteiger partial charge in [0.1, 0.15) is 0 Å². The van der Waals surface area contributed by atoms with E-state index in [-0.39, 0.29) is 0 Å². The van der Waals surface area contributed by atoms with Gasteiger partial charge in [-0.3, -0.25) is 0 Å². The van der Waals surface area contributed by atoms with Crippen LogP contribution in [0, 0.1) is 0 Å². The van der Waals surface area contributed by atoms with E-state index in [1.807, 2.05) is 47.7 Å². The molecule has 0 spiro atoms. The highest BCUT2D eigenvalue weighted by Gasteiger charge is 2.20. The van der Waals surface area contributed by atoms with Crippen LogP contribution < -0.4 is 0 Å². The van der Waals surface area contributed by atoms with Crippen LogP contribution in [-0.4, -0.2) is 19.5 Å². The lowest BCUT2D eigenvalue weighted by atomic mass is 10.0. The molecule has 4 nitrogen and oxygen atoms in total. The molecule has 0 saturated carbocycles. The number of nitrogens with zero attached hydrogens (tertiary/aromatic N) is 4. The molecule has 0 atom stereocenters. The normalized spacial score (nSPS) is 11.9. The van der Waals surface area contributed by atoms with Crippen molar-refractivity contribution in [2.24, 2.45) is 0 Å². The second kappa shape index (κ2) is 12.8. The van der Waals surface area contributed by atoms with E-state index >= 15 is 0 Å². The van der Waals surface area contributed by atoms with Crippen LogP contribution in [0.1, 0.15) is 0 Å². The number of thiophene rings is 2. The lowest BCUT2D eigenvalue weighted by Gasteiger charge is -2.09. The quantitative estimate of drug-likeness (QED) is 0.175. The summed E-state index contributed by atoms with van der Waals surface area (Å²) in [5, 5.41) is 7.64. The summed E-state index contributed by atoms with van der Waals surface area (Å²) in [7, 11) is 0. The number of para-hydroxylation sites is 1. The highest BCUT2D eigenvalue weighted by atomic mass is 32.1. The van der Waals surface area contributed by atoms with Gasteiger partial charge in [0.2, 0.25) is 0 Å². The third kappa shape index (κ3) is 5.15. The summed E-state index contributed by atoms with van der Waals surface area (Å²) in [4.78, 5) is 15.1. The Morgan fingerprint density at radius 1 is 0.351 bits per heavy atom. The highest BCUT2D eigenvalue weighted by Crippen LogP contribution is 2.45. The molecule has 0 aliphatic carbocycles. The van der Waals surface area contributed by atoms with Gasteiger partial charge in [-0.05, 0) is 59.7 Å². The van der Waals surface area contributed by atoms with Crippen molar-refractivity contribution < 1.29 is 0 Å². The van der Waals surface area contributed by atoms with E-state index in [1.54, 1.807) is 11.3 Å². The average Bonchev–Trinajstić information content (AvgIpc) is 3.96. The molecular formula is C51H30N4S2. The van der Waals surface area contributed by atoms with Crippen LogP contribution >= 0.6 is 22.7 Å². The molecule has 0 aliphatic rings. The predicted molar refractivity (Wildman–Crippen MR) is 242 cm³/mol. The molecule has 0 radical (unpaired) electrons. The zero-order chi connectivity index (χ0) is 37.5. The summed E-state index contributed by atoms with van der Waals surface area (Å²) in [5.74, 6) is 2.00. The molecule has 0 unspecified atom stereocenters. The Balaban J connectivity index is 1.04.